The van der Waals surface area contributed by atoms with Gasteiger partial charge < -0.3 is 35.8 Å². The third kappa shape index (κ3) is 3.30. The molecule has 0 radical (unpaired) electrons. The van der Waals surface area contributed by atoms with E-state index in [0.717, 1.165) is 6.21 Å². The summed E-state index contributed by atoms with van der Waals surface area (Å²) in [7, 11) is 3.13. The molecule has 12 heteroatoms. The molecule has 3 aliphatic rings. The van der Waals surface area contributed by atoms with E-state index in [9.17, 15) is 34.8 Å². The highest BCUT2D eigenvalue weighted by molar-refractivity contribution is 6.24. The van der Waals surface area contributed by atoms with Crippen LogP contribution in [-0.4, -0.2) is 80.0 Å². The van der Waals surface area contributed by atoms with Gasteiger partial charge in [0.25, 0.3) is 5.91 Å². The molecule has 1 amide bonds. The van der Waals surface area contributed by atoms with E-state index in [1.54, 1.807) is 32.3 Å². The maximum absolute atomic E-state index is 13.7. The maximum Gasteiger partial charge on any atom is 0.255 e. The third-order valence-corrected chi connectivity index (χ3v) is 7.68. The summed E-state index contributed by atoms with van der Waals surface area (Å²) < 4.78 is 5.68. The molecule has 0 bridgehead atoms. The molecule has 0 spiro atoms. The summed E-state index contributed by atoms with van der Waals surface area (Å²) in [5.74, 6) is -6.56. The van der Waals surface area contributed by atoms with Crippen molar-refractivity contribution in [3.05, 3.63) is 63.8 Å². The first-order chi connectivity index (χ1) is 17.9. The Labute approximate surface area is 215 Å². The molecule has 38 heavy (non-hydrogen) atoms. The molecule has 4 atom stereocenters. The lowest BCUT2D eigenvalue weighted by Crippen LogP contribution is -2.63. The lowest BCUT2D eigenvalue weighted by Gasteiger charge is -2.50. The third-order valence-electron chi connectivity index (χ3n) is 7.68. The fourth-order valence-corrected chi connectivity index (χ4v) is 6.11. The minimum Gasteiger partial charge on any atom is -0.510 e. The number of carbonyl (C=O) groups excluding carboxylic acids is 3. The average Bonchev–Trinajstić information content (AvgIpc) is 3.29. The number of ketones is 2. The first-order valence-corrected chi connectivity index (χ1v) is 11.7. The van der Waals surface area contributed by atoms with Crippen molar-refractivity contribution in [1.29, 1.82) is 0 Å². The fraction of sp³-hybridized carbons (Fsp3) is 0.308. The number of allylic oxidation sites excluding steroid dienone is 1. The number of oxime groups is 1. The van der Waals surface area contributed by atoms with Gasteiger partial charge in [-0.2, -0.15) is 0 Å². The molecule has 0 fully saturated rings. The first kappa shape index (κ1) is 25.2. The van der Waals surface area contributed by atoms with Gasteiger partial charge in [-0.3, -0.25) is 19.3 Å². The van der Waals surface area contributed by atoms with Gasteiger partial charge >= 0.3 is 0 Å². The molecule has 1 aromatic carbocycles. The van der Waals surface area contributed by atoms with Crippen molar-refractivity contribution < 1.29 is 44.4 Å². The van der Waals surface area contributed by atoms with Crippen molar-refractivity contribution in [2.24, 2.45) is 22.7 Å². The molecule has 2 aromatic rings. The van der Waals surface area contributed by atoms with Crippen LogP contribution in [0, 0.1) is 11.8 Å². The van der Waals surface area contributed by atoms with Gasteiger partial charge in [-0.05, 0) is 62.7 Å². The number of aliphatic hydroxyl groups is 3. The summed E-state index contributed by atoms with van der Waals surface area (Å²) in [5, 5.41) is 56.1. The summed E-state index contributed by atoms with van der Waals surface area (Å²) in [5.41, 5.74) is 2.31. The number of Topliss-reactive ketones (excluding diaryl/α,β-unsaturated/α-hetero) is 2. The van der Waals surface area contributed by atoms with E-state index >= 15 is 0 Å². The van der Waals surface area contributed by atoms with Gasteiger partial charge in [0.1, 0.15) is 40.6 Å². The molecule has 1 aromatic heterocycles. The van der Waals surface area contributed by atoms with Gasteiger partial charge in [-0.1, -0.05) is 5.16 Å². The second-order valence-electron chi connectivity index (χ2n) is 9.90. The van der Waals surface area contributed by atoms with Gasteiger partial charge in [-0.25, -0.2) is 0 Å². The second kappa shape index (κ2) is 8.57. The van der Waals surface area contributed by atoms with Crippen LogP contribution in [0.1, 0.15) is 28.1 Å². The molecule has 0 saturated carbocycles. The van der Waals surface area contributed by atoms with E-state index in [1.807, 2.05) is 0 Å². The highest BCUT2D eigenvalue weighted by atomic mass is 16.4. The van der Waals surface area contributed by atoms with Crippen LogP contribution in [0.5, 0.6) is 5.75 Å². The zero-order valence-corrected chi connectivity index (χ0v) is 20.4. The first-order valence-electron chi connectivity index (χ1n) is 11.7. The predicted octanol–water partition coefficient (Wildman–Crippen LogP) is 1.19. The minimum atomic E-state index is -2.70. The molecule has 7 N–H and O–H groups in total. The lowest BCUT2D eigenvalue weighted by molar-refractivity contribution is -0.148. The Kier molecular flexibility index (Phi) is 5.69. The molecule has 1 heterocycles. The fourth-order valence-electron chi connectivity index (χ4n) is 6.11. The van der Waals surface area contributed by atoms with Gasteiger partial charge in [0.15, 0.2) is 11.4 Å². The number of benzene rings is 1. The van der Waals surface area contributed by atoms with Crippen molar-refractivity contribution in [2.75, 3.05) is 14.1 Å². The number of furan rings is 1. The van der Waals surface area contributed by atoms with Crippen LogP contribution in [-0.2, 0) is 16.0 Å². The van der Waals surface area contributed by atoms with Crippen molar-refractivity contribution in [3.8, 4) is 17.1 Å². The van der Waals surface area contributed by atoms with E-state index in [4.69, 9.17) is 15.4 Å². The number of hydrogen-bond donors (Lipinski definition) is 6. The summed E-state index contributed by atoms with van der Waals surface area (Å²) in [6, 6.07) is 4.93. The number of phenols is 1. The van der Waals surface area contributed by atoms with Crippen molar-refractivity contribution in [3.63, 3.8) is 0 Å². The Morgan fingerprint density at radius 3 is 2.53 bits per heavy atom. The number of nitrogens with two attached hydrogens (primary N) is 1. The average molecular weight is 523 g/mol. The summed E-state index contributed by atoms with van der Waals surface area (Å²) in [4.78, 5) is 40.6. The number of amides is 1. The number of likely N-dealkylation sites (N-methyl/N-ethyl adjacent to an activating group) is 1. The normalized spacial score (nSPS) is 27.1. The van der Waals surface area contributed by atoms with Crippen LogP contribution in [0.2, 0.25) is 0 Å². The van der Waals surface area contributed by atoms with Crippen LogP contribution < -0.4 is 5.73 Å². The van der Waals surface area contributed by atoms with Gasteiger partial charge in [0.2, 0.25) is 5.78 Å². The number of phenolic OH excluding ortho intramolecular Hbond substituents is 1. The van der Waals surface area contributed by atoms with Gasteiger partial charge in [0.05, 0.1) is 11.6 Å². The molecule has 4 unspecified atom stereocenters. The van der Waals surface area contributed by atoms with E-state index in [0.29, 0.717) is 16.9 Å². The van der Waals surface area contributed by atoms with Gasteiger partial charge in [0, 0.05) is 17.1 Å². The molecule has 5 rings (SSSR count). The Morgan fingerprint density at radius 1 is 1.18 bits per heavy atom. The molecular weight excluding hydrogens is 498 g/mol. The summed E-state index contributed by atoms with van der Waals surface area (Å²) in [6.07, 6.45) is 1.17. The highest BCUT2D eigenvalue weighted by Crippen LogP contribution is 2.53. The smallest absolute Gasteiger partial charge is 0.255 e. The number of carbonyl (C=O) groups is 3. The van der Waals surface area contributed by atoms with Crippen molar-refractivity contribution in [1.82, 2.24) is 4.90 Å². The van der Waals surface area contributed by atoms with Crippen LogP contribution in [0.25, 0.3) is 11.3 Å². The maximum atomic E-state index is 13.7. The van der Waals surface area contributed by atoms with Gasteiger partial charge in [-0.15, -0.1) is 0 Å². The van der Waals surface area contributed by atoms with Crippen molar-refractivity contribution in [2.45, 2.75) is 24.5 Å². The molecule has 0 saturated heterocycles. The summed E-state index contributed by atoms with van der Waals surface area (Å²) in [6.45, 7) is 0. The SMILES string of the molecule is CN(C)C1C(O)=C(C(N)=O)C(=O)C2(O)C(O)=C3C(=O)c4c(O)ccc(-c5ccc(/C=N/O)o5)c4CC3CC12. The monoisotopic (exact) mass is 523 g/mol. The highest BCUT2D eigenvalue weighted by Gasteiger charge is 2.63. The minimum absolute atomic E-state index is 0.0264. The molecular formula is C26H25N3O9. The Balaban J connectivity index is 1.70. The largest absolute Gasteiger partial charge is 0.510 e. The standard InChI is InChI=1S/C26H25N3O9/c1-29(2)20-14-8-10-7-13-12(16-6-3-11(38-16)9-28-37)4-5-15(30)18(13)21(31)17(10)23(33)26(14,36)24(34)19(22(20)32)25(27)35/h3-6,9-10,14,20,30,32-33,36-37H,7-8H2,1-2H3,(H2,27,35)/b28-9+. The lowest BCUT2D eigenvalue weighted by atomic mass is 9.58. The topological polar surface area (TPSA) is 207 Å². The van der Waals surface area contributed by atoms with Crippen LogP contribution in [0.3, 0.4) is 0 Å². The number of nitrogens with zero attached hydrogens (tertiary/aromatic N) is 2. The molecule has 0 aliphatic heterocycles. The predicted molar refractivity (Wildman–Crippen MR) is 131 cm³/mol. The number of aromatic hydroxyl groups is 1. The number of aliphatic hydroxyl groups excluding tert-OH is 2. The van der Waals surface area contributed by atoms with Crippen LogP contribution >= 0.6 is 0 Å². The second-order valence-corrected chi connectivity index (χ2v) is 9.90. The van der Waals surface area contributed by atoms with Crippen LogP contribution in [0.4, 0.5) is 0 Å². The quantitative estimate of drug-likeness (QED) is 0.146. The van der Waals surface area contributed by atoms with Crippen molar-refractivity contribution >= 4 is 23.7 Å². The number of rotatable bonds is 4. The zero-order valence-electron chi connectivity index (χ0n) is 20.4. The Bertz CT molecular complexity index is 1500. The Hall–Kier alpha value is -4.42. The number of primary amides is 1. The molecule has 3 aliphatic carbocycles. The van der Waals surface area contributed by atoms with E-state index in [1.165, 1.54) is 11.0 Å². The van der Waals surface area contributed by atoms with Crippen LogP contribution in [0.15, 0.2) is 56.5 Å². The van der Waals surface area contributed by atoms with E-state index in [2.05, 4.69) is 5.16 Å². The zero-order chi connectivity index (χ0) is 27.7. The number of fused-ring (bicyclic) bond motifs is 3. The number of hydrogen-bond acceptors (Lipinski definition) is 11. The molecule has 198 valence electrons. The summed E-state index contributed by atoms with van der Waals surface area (Å²) >= 11 is 0. The Morgan fingerprint density at radius 2 is 1.89 bits per heavy atom. The van der Waals surface area contributed by atoms with E-state index < -0.39 is 58.0 Å². The molecule has 12 nitrogen and oxygen atoms in total. The van der Waals surface area contributed by atoms with E-state index in [-0.39, 0.29) is 35.5 Å².